The number of aldehydes is 1. The summed E-state index contributed by atoms with van der Waals surface area (Å²) >= 11 is 0. The summed E-state index contributed by atoms with van der Waals surface area (Å²) in [5, 5.41) is 79.3. The summed E-state index contributed by atoms with van der Waals surface area (Å²) in [5.41, 5.74) is 17.3. The minimum absolute atomic E-state index is 0.195. The Kier molecular flexibility index (Phi) is 11.1. The van der Waals surface area contributed by atoms with Gasteiger partial charge in [-0.25, -0.2) is 0 Å². The monoisotopic (exact) mass is 501 g/mol. The molecule has 14 atom stereocenters. The molecule has 2 fully saturated rings. The van der Waals surface area contributed by atoms with Crippen molar-refractivity contribution in [2.75, 3.05) is 19.8 Å². The fourth-order valence-corrected chi connectivity index (χ4v) is 3.72. The minimum atomic E-state index is -1.79. The topological polar surface area (TPSA) is 294 Å². The highest BCUT2D eigenvalue weighted by Crippen LogP contribution is 2.29. The second kappa shape index (κ2) is 12.9. The molecule has 0 saturated carbocycles. The van der Waals surface area contributed by atoms with Crippen molar-refractivity contribution in [1.82, 2.24) is 0 Å². The van der Waals surface area contributed by atoms with Gasteiger partial charge in [-0.15, -0.1) is 0 Å². The third kappa shape index (κ3) is 6.25. The Hall–Kier alpha value is -0.930. The average molecular weight is 501 g/mol. The highest BCUT2D eigenvalue weighted by atomic mass is 16.7. The van der Waals surface area contributed by atoms with E-state index in [4.69, 9.17) is 36.1 Å². The van der Waals surface area contributed by atoms with Crippen LogP contribution >= 0.6 is 0 Å². The Morgan fingerprint density at radius 2 is 1.44 bits per heavy atom. The molecule has 2 aliphatic heterocycles. The number of aliphatic hydroxyl groups excluding tert-OH is 8. The number of ether oxygens (including phenoxy) is 4. The largest absolute Gasteiger partial charge is 0.394 e. The van der Waals surface area contributed by atoms with E-state index in [0.29, 0.717) is 0 Å². The SMILES string of the molecule is N[C@H]1[C@H](O[C@H]2[C@H](O)[C@@H](N)C(O[C@H]([C@H](O)[C@@H](N)C=O)[C@H](O)CO)O[C@@H]2CO)O[C@H](CO)[C@@H](O)[C@@H]1O. The number of carbonyl (C=O) groups excluding carboxylic acids is 1. The Balaban J connectivity index is 2.17. The van der Waals surface area contributed by atoms with E-state index >= 15 is 0 Å². The molecule has 1 unspecified atom stereocenters. The molecule has 0 aromatic heterocycles. The van der Waals surface area contributed by atoms with Crippen molar-refractivity contribution in [3.05, 3.63) is 0 Å². The van der Waals surface area contributed by atoms with Crippen LogP contribution in [0.4, 0.5) is 0 Å². The van der Waals surface area contributed by atoms with E-state index < -0.39 is 105 Å². The molecule has 0 amide bonds. The third-order valence-electron chi connectivity index (χ3n) is 5.87. The van der Waals surface area contributed by atoms with Crippen molar-refractivity contribution in [1.29, 1.82) is 0 Å². The van der Waals surface area contributed by atoms with Gasteiger partial charge < -0.3 is 81.8 Å². The third-order valence-corrected chi connectivity index (χ3v) is 5.87. The van der Waals surface area contributed by atoms with Crippen LogP contribution in [0.5, 0.6) is 0 Å². The lowest BCUT2D eigenvalue weighted by atomic mass is 9.95. The van der Waals surface area contributed by atoms with E-state index in [-0.39, 0.29) is 6.29 Å². The first-order chi connectivity index (χ1) is 16.0. The van der Waals surface area contributed by atoms with Crippen LogP contribution in [0.1, 0.15) is 0 Å². The van der Waals surface area contributed by atoms with E-state index in [1.165, 1.54) is 0 Å². The van der Waals surface area contributed by atoms with Crippen molar-refractivity contribution in [2.45, 2.75) is 85.6 Å². The Morgan fingerprint density at radius 3 is 1.97 bits per heavy atom. The molecule has 2 aliphatic rings. The van der Waals surface area contributed by atoms with Gasteiger partial charge in [-0.1, -0.05) is 0 Å². The minimum Gasteiger partial charge on any atom is -0.394 e. The smallest absolute Gasteiger partial charge is 0.176 e. The van der Waals surface area contributed by atoms with Gasteiger partial charge in [0.05, 0.1) is 37.9 Å². The molecule has 2 rings (SSSR count). The second-order valence-electron chi connectivity index (χ2n) is 8.23. The maximum absolute atomic E-state index is 10.9. The number of hydrogen-bond donors (Lipinski definition) is 11. The summed E-state index contributed by atoms with van der Waals surface area (Å²) in [6, 6.07) is -4.23. The van der Waals surface area contributed by atoms with Crippen molar-refractivity contribution in [3.63, 3.8) is 0 Å². The molecule has 16 heteroatoms. The lowest BCUT2D eigenvalue weighted by Gasteiger charge is -2.47. The lowest BCUT2D eigenvalue weighted by Crippen LogP contribution is -2.68. The fraction of sp³-hybridized carbons (Fsp3) is 0.944. The van der Waals surface area contributed by atoms with Gasteiger partial charge in [0.15, 0.2) is 12.6 Å². The van der Waals surface area contributed by atoms with Gasteiger partial charge in [0.2, 0.25) is 0 Å². The number of rotatable bonds is 11. The average Bonchev–Trinajstić information content (AvgIpc) is 2.84. The molecule has 200 valence electrons. The van der Waals surface area contributed by atoms with Gasteiger partial charge in [0.1, 0.15) is 61.2 Å². The maximum atomic E-state index is 10.9. The van der Waals surface area contributed by atoms with Crippen molar-refractivity contribution < 1.29 is 64.6 Å². The van der Waals surface area contributed by atoms with E-state index in [0.717, 1.165) is 0 Å². The molecule has 2 heterocycles. The highest BCUT2D eigenvalue weighted by molar-refractivity contribution is 5.58. The summed E-state index contributed by atoms with van der Waals surface area (Å²) in [4.78, 5) is 10.9. The van der Waals surface area contributed by atoms with E-state index in [1.807, 2.05) is 0 Å². The molecular weight excluding hydrogens is 466 g/mol. The Bertz CT molecular complexity index is 632. The summed E-state index contributed by atoms with van der Waals surface area (Å²) < 4.78 is 21.9. The molecule has 0 bridgehead atoms. The predicted molar refractivity (Wildman–Crippen MR) is 108 cm³/mol. The maximum Gasteiger partial charge on any atom is 0.176 e. The van der Waals surface area contributed by atoms with Gasteiger partial charge >= 0.3 is 0 Å². The Labute approximate surface area is 194 Å². The van der Waals surface area contributed by atoms with Crippen LogP contribution < -0.4 is 17.2 Å². The Morgan fingerprint density at radius 1 is 0.882 bits per heavy atom. The van der Waals surface area contributed by atoms with Crippen LogP contribution in [0.15, 0.2) is 0 Å². The van der Waals surface area contributed by atoms with Crippen LogP contribution in [-0.4, -0.2) is 153 Å². The molecular formula is C18H35N3O13. The quantitative estimate of drug-likeness (QED) is 0.117. The molecule has 0 aromatic rings. The zero-order valence-electron chi connectivity index (χ0n) is 18.1. The van der Waals surface area contributed by atoms with Crippen LogP contribution in [0.25, 0.3) is 0 Å². The van der Waals surface area contributed by atoms with Gasteiger partial charge in [-0.05, 0) is 0 Å². The van der Waals surface area contributed by atoms with Gasteiger partial charge in [0.25, 0.3) is 0 Å². The van der Waals surface area contributed by atoms with E-state index in [9.17, 15) is 45.6 Å². The van der Waals surface area contributed by atoms with Crippen LogP contribution in [0, 0.1) is 0 Å². The lowest BCUT2D eigenvalue weighted by molar-refractivity contribution is -0.338. The van der Waals surface area contributed by atoms with Crippen molar-refractivity contribution >= 4 is 6.29 Å². The van der Waals surface area contributed by atoms with E-state index in [2.05, 4.69) is 0 Å². The molecule has 0 spiro atoms. The van der Waals surface area contributed by atoms with Crippen LogP contribution in [-0.2, 0) is 23.7 Å². The van der Waals surface area contributed by atoms with Gasteiger partial charge in [0, 0.05) is 0 Å². The molecule has 16 nitrogen and oxygen atoms in total. The molecule has 34 heavy (non-hydrogen) atoms. The second-order valence-corrected chi connectivity index (χ2v) is 8.23. The number of carbonyl (C=O) groups is 1. The summed E-state index contributed by atoms with van der Waals surface area (Å²) in [6.45, 7) is -2.31. The first-order valence-corrected chi connectivity index (χ1v) is 10.6. The van der Waals surface area contributed by atoms with Gasteiger partial charge in [-0.2, -0.15) is 0 Å². The number of hydrogen-bond acceptors (Lipinski definition) is 16. The number of aliphatic hydroxyl groups is 8. The molecule has 2 saturated heterocycles. The highest BCUT2D eigenvalue weighted by Gasteiger charge is 2.50. The summed E-state index contributed by atoms with van der Waals surface area (Å²) in [5.74, 6) is 0. The zero-order valence-corrected chi connectivity index (χ0v) is 18.1. The normalized spacial score (nSPS) is 42.6. The fourth-order valence-electron chi connectivity index (χ4n) is 3.72. The molecule has 14 N–H and O–H groups in total. The summed E-state index contributed by atoms with van der Waals surface area (Å²) in [6.07, 6.45) is -16.7. The first kappa shape index (κ1) is 29.3. The van der Waals surface area contributed by atoms with Crippen molar-refractivity contribution in [3.8, 4) is 0 Å². The molecule has 0 aromatic carbocycles. The van der Waals surface area contributed by atoms with Crippen LogP contribution in [0.3, 0.4) is 0 Å². The standard InChI is InChI=1S/C18H35N3O13/c19-5(1-22)11(27)15(6(26)2-23)33-18-10(21)14(30)16(8(4-25)32-18)34-17-9(20)13(29)12(28)7(3-24)31-17/h1,5-18,23-30H,2-4,19-21H2/t5-,6+,7+,8+,9+,10+,11+,12+,13+,14+,15-,16+,17-,18?/m0/s1. The number of nitrogens with two attached hydrogens (primary N) is 3. The van der Waals surface area contributed by atoms with E-state index in [1.54, 1.807) is 0 Å². The summed E-state index contributed by atoms with van der Waals surface area (Å²) in [7, 11) is 0. The zero-order chi connectivity index (χ0) is 25.7. The predicted octanol–water partition coefficient (Wildman–Crippen LogP) is -7.83. The van der Waals surface area contributed by atoms with Crippen LogP contribution in [0.2, 0.25) is 0 Å². The van der Waals surface area contributed by atoms with Crippen molar-refractivity contribution in [2.24, 2.45) is 17.2 Å². The van der Waals surface area contributed by atoms with Gasteiger partial charge in [-0.3, -0.25) is 0 Å². The molecule has 0 radical (unpaired) electrons. The first-order valence-electron chi connectivity index (χ1n) is 10.6. The molecule has 0 aliphatic carbocycles.